The van der Waals surface area contributed by atoms with Crippen LogP contribution in [0.25, 0.3) is 0 Å². The summed E-state index contributed by atoms with van der Waals surface area (Å²) >= 11 is 0. The number of anilines is 2. The Bertz CT molecular complexity index is 892. The van der Waals surface area contributed by atoms with Gasteiger partial charge >= 0.3 is 0 Å². The molecule has 1 amide bonds. The van der Waals surface area contributed by atoms with Crippen LogP contribution in [0.3, 0.4) is 0 Å². The van der Waals surface area contributed by atoms with Crippen molar-refractivity contribution in [1.82, 2.24) is 4.90 Å². The fraction of sp³-hybridized carbons (Fsp3) is 0.381. The van der Waals surface area contributed by atoms with Crippen molar-refractivity contribution < 1.29 is 14.5 Å². The SMILES string of the molecule is CNc1cc(N2CCN(C(=O)c3cccc(OC(C)C)c3)CC2)ccc1[N+](=O)[O-]. The standard InChI is InChI=1S/C21H26N4O4/c1-15(2)29-18-6-4-5-16(13-18)21(26)24-11-9-23(10-12-24)17-7-8-20(25(27)28)19(14-17)22-3/h4-8,13-15,22H,9-12H2,1-3H3. The molecule has 1 saturated heterocycles. The summed E-state index contributed by atoms with van der Waals surface area (Å²) in [6, 6.07) is 12.3. The number of carbonyl (C=O) groups is 1. The summed E-state index contributed by atoms with van der Waals surface area (Å²) in [4.78, 5) is 27.5. The highest BCUT2D eigenvalue weighted by Gasteiger charge is 2.24. The summed E-state index contributed by atoms with van der Waals surface area (Å²) in [5.41, 5.74) is 2.05. The Morgan fingerprint density at radius 2 is 1.86 bits per heavy atom. The number of rotatable bonds is 6. The number of hydrogen-bond acceptors (Lipinski definition) is 6. The zero-order chi connectivity index (χ0) is 21.0. The first kappa shape index (κ1) is 20.4. The maximum Gasteiger partial charge on any atom is 0.292 e. The van der Waals surface area contributed by atoms with Crippen LogP contribution in [-0.2, 0) is 0 Å². The molecule has 1 fully saturated rings. The van der Waals surface area contributed by atoms with Gasteiger partial charge < -0.3 is 19.9 Å². The van der Waals surface area contributed by atoms with Crippen molar-refractivity contribution in [2.45, 2.75) is 20.0 Å². The number of ether oxygens (including phenoxy) is 1. The average Bonchev–Trinajstić information content (AvgIpc) is 2.72. The highest BCUT2D eigenvalue weighted by atomic mass is 16.6. The minimum Gasteiger partial charge on any atom is -0.491 e. The maximum absolute atomic E-state index is 12.9. The normalized spacial score (nSPS) is 14.1. The van der Waals surface area contributed by atoms with Crippen molar-refractivity contribution in [2.24, 2.45) is 0 Å². The Balaban J connectivity index is 1.66. The molecule has 3 rings (SSSR count). The second kappa shape index (κ2) is 8.81. The van der Waals surface area contributed by atoms with Gasteiger partial charge in [0.05, 0.1) is 11.0 Å². The third-order valence-corrected chi connectivity index (χ3v) is 4.83. The van der Waals surface area contributed by atoms with Crippen LogP contribution in [0, 0.1) is 10.1 Å². The number of nitrogens with one attached hydrogen (secondary N) is 1. The number of hydrogen-bond donors (Lipinski definition) is 1. The van der Waals surface area contributed by atoms with Gasteiger partial charge in [-0.2, -0.15) is 0 Å². The molecule has 1 heterocycles. The van der Waals surface area contributed by atoms with E-state index >= 15 is 0 Å². The summed E-state index contributed by atoms with van der Waals surface area (Å²) in [6.45, 7) is 6.39. The molecule has 1 N–H and O–H groups in total. The first-order valence-electron chi connectivity index (χ1n) is 9.66. The number of nitro groups is 1. The summed E-state index contributed by atoms with van der Waals surface area (Å²) < 4.78 is 5.68. The van der Waals surface area contributed by atoms with Gasteiger partial charge in [-0.3, -0.25) is 14.9 Å². The van der Waals surface area contributed by atoms with Gasteiger partial charge in [0.1, 0.15) is 11.4 Å². The highest BCUT2D eigenvalue weighted by molar-refractivity contribution is 5.94. The number of nitro benzene ring substituents is 1. The predicted octanol–water partition coefficient (Wildman–Crippen LogP) is 3.39. The zero-order valence-corrected chi connectivity index (χ0v) is 16.9. The molecule has 1 aliphatic rings. The van der Waals surface area contributed by atoms with Crippen LogP contribution < -0.4 is 15.0 Å². The monoisotopic (exact) mass is 398 g/mol. The van der Waals surface area contributed by atoms with Crippen LogP contribution in [0.1, 0.15) is 24.2 Å². The van der Waals surface area contributed by atoms with Gasteiger partial charge in [0, 0.05) is 50.5 Å². The number of benzene rings is 2. The van der Waals surface area contributed by atoms with E-state index in [1.807, 2.05) is 30.9 Å². The third-order valence-electron chi connectivity index (χ3n) is 4.83. The first-order valence-corrected chi connectivity index (χ1v) is 9.66. The predicted molar refractivity (Wildman–Crippen MR) is 113 cm³/mol. The Labute approximate surface area is 170 Å². The van der Waals surface area contributed by atoms with Gasteiger partial charge in [-0.05, 0) is 44.2 Å². The van der Waals surface area contributed by atoms with Crippen molar-refractivity contribution in [3.05, 3.63) is 58.1 Å². The van der Waals surface area contributed by atoms with Crippen molar-refractivity contribution in [2.75, 3.05) is 43.4 Å². The molecule has 0 aromatic heterocycles. The molecule has 0 atom stereocenters. The lowest BCUT2D eigenvalue weighted by Crippen LogP contribution is -2.48. The van der Waals surface area contributed by atoms with Crippen molar-refractivity contribution >= 4 is 23.0 Å². The molecule has 0 unspecified atom stereocenters. The van der Waals surface area contributed by atoms with Gasteiger partial charge in [0.15, 0.2) is 0 Å². The van der Waals surface area contributed by atoms with Gasteiger partial charge in [-0.25, -0.2) is 0 Å². The number of carbonyl (C=O) groups excluding carboxylic acids is 1. The Hall–Kier alpha value is -3.29. The van der Waals surface area contributed by atoms with E-state index in [4.69, 9.17) is 4.74 Å². The van der Waals surface area contributed by atoms with E-state index in [-0.39, 0.29) is 17.7 Å². The van der Waals surface area contributed by atoms with E-state index in [1.54, 1.807) is 31.3 Å². The summed E-state index contributed by atoms with van der Waals surface area (Å²) in [7, 11) is 1.67. The molecule has 154 valence electrons. The van der Waals surface area contributed by atoms with Gasteiger partial charge in [0.25, 0.3) is 11.6 Å². The summed E-state index contributed by atoms with van der Waals surface area (Å²) in [6.07, 6.45) is 0.0492. The van der Waals surface area contributed by atoms with Gasteiger partial charge in [-0.15, -0.1) is 0 Å². The quantitative estimate of drug-likeness (QED) is 0.593. The molecular weight excluding hydrogens is 372 g/mol. The van der Waals surface area contributed by atoms with E-state index < -0.39 is 4.92 Å². The van der Waals surface area contributed by atoms with E-state index in [9.17, 15) is 14.9 Å². The first-order chi connectivity index (χ1) is 13.9. The summed E-state index contributed by atoms with van der Waals surface area (Å²) in [5.74, 6) is 0.674. The van der Waals surface area contributed by atoms with Crippen LogP contribution in [0.2, 0.25) is 0 Å². The van der Waals surface area contributed by atoms with Crippen LogP contribution in [-0.4, -0.2) is 55.1 Å². The minimum absolute atomic E-state index is 0.0153. The lowest BCUT2D eigenvalue weighted by molar-refractivity contribution is -0.383. The topological polar surface area (TPSA) is 88.0 Å². The van der Waals surface area contributed by atoms with E-state index in [1.165, 1.54) is 6.07 Å². The van der Waals surface area contributed by atoms with Crippen LogP contribution in [0.15, 0.2) is 42.5 Å². The van der Waals surface area contributed by atoms with Crippen LogP contribution >= 0.6 is 0 Å². The molecule has 0 radical (unpaired) electrons. The van der Waals surface area contributed by atoms with E-state index in [2.05, 4.69) is 10.2 Å². The number of amides is 1. The second-order valence-electron chi connectivity index (χ2n) is 7.18. The van der Waals surface area contributed by atoms with Crippen molar-refractivity contribution in [1.29, 1.82) is 0 Å². The average molecular weight is 398 g/mol. The second-order valence-corrected chi connectivity index (χ2v) is 7.18. The van der Waals surface area contributed by atoms with E-state index in [0.29, 0.717) is 43.2 Å². The van der Waals surface area contributed by atoms with Crippen molar-refractivity contribution in [3.8, 4) is 5.75 Å². The molecule has 2 aromatic carbocycles. The maximum atomic E-state index is 12.9. The van der Waals surface area contributed by atoms with Gasteiger partial charge in [0.2, 0.25) is 0 Å². The van der Waals surface area contributed by atoms with Gasteiger partial charge in [-0.1, -0.05) is 6.07 Å². The molecular formula is C21H26N4O4. The number of nitrogens with zero attached hydrogens (tertiary/aromatic N) is 3. The molecule has 0 spiro atoms. The van der Waals surface area contributed by atoms with E-state index in [0.717, 1.165) is 5.69 Å². The highest BCUT2D eigenvalue weighted by Crippen LogP contribution is 2.30. The lowest BCUT2D eigenvalue weighted by atomic mass is 10.1. The molecule has 0 saturated carbocycles. The molecule has 0 bridgehead atoms. The molecule has 8 nitrogen and oxygen atoms in total. The molecule has 0 aliphatic carbocycles. The largest absolute Gasteiger partial charge is 0.491 e. The van der Waals surface area contributed by atoms with Crippen LogP contribution in [0.4, 0.5) is 17.1 Å². The molecule has 1 aliphatic heterocycles. The molecule has 2 aromatic rings. The third kappa shape index (κ3) is 4.77. The Morgan fingerprint density at radius 1 is 1.14 bits per heavy atom. The summed E-state index contributed by atoms with van der Waals surface area (Å²) in [5, 5.41) is 14.0. The number of piperazine rings is 1. The van der Waals surface area contributed by atoms with Crippen molar-refractivity contribution in [3.63, 3.8) is 0 Å². The Morgan fingerprint density at radius 3 is 2.48 bits per heavy atom. The fourth-order valence-corrected chi connectivity index (χ4v) is 3.41. The fourth-order valence-electron chi connectivity index (χ4n) is 3.41. The Kier molecular flexibility index (Phi) is 6.21. The smallest absolute Gasteiger partial charge is 0.292 e. The molecule has 8 heteroatoms. The minimum atomic E-state index is -0.399. The molecule has 29 heavy (non-hydrogen) atoms. The zero-order valence-electron chi connectivity index (χ0n) is 16.9. The van der Waals surface area contributed by atoms with Crippen LogP contribution in [0.5, 0.6) is 5.75 Å². The lowest BCUT2D eigenvalue weighted by Gasteiger charge is -2.36.